The summed E-state index contributed by atoms with van der Waals surface area (Å²) in [5, 5.41) is 12.6. The van der Waals surface area contributed by atoms with Crippen LogP contribution in [0.3, 0.4) is 0 Å². The lowest BCUT2D eigenvalue weighted by atomic mass is 9.96. The van der Waals surface area contributed by atoms with Gasteiger partial charge in [0.15, 0.2) is 5.69 Å². The zero-order valence-electron chi connectivity index (χ0n) is 23.0. The Balaban J connectivity index is 1.48. The van der Waals surface area contributed by atoms with Gasteiger partial charge in [-0.25, -0.2) is 28.3 Å². The molecule has 12 heteroatoms. The molecule has 3 aromatic rings. The maximum atomic E-state index is 13.5. The van der Waals surface area contributed by atoms with Gasteiger partial charge >= 0.3 is 12.1 Å². The van der Waals surface area contributed by atoms with E-state index < -0.39 is 29.8 Å². The van der Waals surface area contributed by atoms with Crippen LogP contribution in [-0.2, 0) is 4.74 Å². The van der Waals surface area contributed by atoms with Crippen molar-refractivity contribution in [3.05, 3.63) is 74.6 Å². The van der Waals surface area contributed by atoms with E-state index >= 15 is 0 Å². The zero-order chi connectivity index (χ0) is 29.4. The number of fused-ring (bicyclic) bond motifs is 1. The number of aromatic carboxylic acids is 1. The van der Waals surface area contributed by atoms with E-state index in [-0.39, 0.29) is 23.4 Å². The quantitative estimate of drug-likeness (QED) is 0.394. The first-order valence-electron chi connectivity index (χ1n) is 13.5. The SMILES string of the molecule is Cc1cc([C@@H](C)Nc2ccc(C(F)F)nc2C(=O)O)c2nc(C3=CCN(C(=O)OC4CCC4)CC3)c(C)c(=O)n2c1. The van der Waals surface area contributed by atoms with Gasteiger partial charge in [-0.05, 0) is 75.8 Å². The predicted molar refractivity (Wildman–Crippen MR) is 147 cm³/mol. The van der Waals surface area contributed by atoms with Crippen LogP contribution in [0.4, 0.5) is 19.3 Å². The molecule has 0 spiro atoms. The highest BCUT2D eigenvalue weighted by atomic mass is 19.3. The fourth-order valence-corrected chi connectivity index (χ4v) is 5.07. The molecule has 0 unspecified atom stereocenters. The largest absolute Gasteiger partial charge is 0.476 e. The topological polar surface area (TPSA) is 126 Å². The molecule has 2 N–H and O–H groups in total. The molecule has 5 rings (SSSR count). The number of amides is 1. The van der Waals surface area contributed by atoms with E-state index in [0.717, 1.165) is 36.5 Å². The van der Waals surface area contributed by atoms with E-state index in [4.69, 9.17) is 9.72 Å². The number of carbonyl (C=O) groups excluding carboxylic acids is 1. The normalized spacial score (nSPS) is 16.3. The Bertz CT molecular complexity index is 1620. The standard InChI is InChI=1S/C29H31F2N5O5/c1-15-13-20(17(3)32-21-7-8-22(25(30)31)33-24(21)28(38)39)26-34-23(16(2)27(37)36(26)14-15)18-9-11-35(12-10-18)29(40)41-19-5-4-6-19/h7-9,13-14,17,19,25,32H,4-6,10-12H2,1-3H3,(H,38,39)/t17-/m1/s1. The summed E-state index contributed by atoms with van der Waals surface area (Å²) in [6.45, 7) is 6.09. The number of carbonyl (C=O) groups is 2. The van der Waals surface area contributed by atoms with Gasteiger partial charge in [-0.2, -0.15) is 0 Å². The Kier molecular flexibility index (Phi) is 7.74. The summed E-state index contributed by atoms with van der Waals surface area (Å²) in [5.74, 6) is -1.45. The molecular weight excluding hydrogens is 536 g/mol. The number of nitrogens with zero attached hydrogens (tertiary/aromatic N) is 4. The molecule has 0 radical (unpaired) electrons. The van der Waals surface area contributed by atoms with Crippen LogP contribution in [-0.4, -0.2) is 55.6 Å². The lowest BCUT2D eigenvalue weighted by Crippen LogP contribution is -2.39. The van der Waals surface area contributed by atoms with Crippen LogP contribution in [0.1, 0.15) is 83.6 Å². The van der Waals surface area contributed by atoms with Crippen molar-refractivity contribution in [2.24, 2.45) is 0 Å². The first-order chi connectivity index (χ1) is 19.5. The van der Waals surface area contributed by atoms with E-state index in [1.807, 2.05) is 19.1 Å². The van der Waals surface area contributed by atoms with Crippen molar-refractivity contribution in [3.63, 3.8) is 0 Å². The number of nitrogens with one attached hydrogen (secondary N) is 1. The number of hydrogen-bond donors (Lipinski definition) is 2. The third kappa shape index (κ3) is 5.63. The predicted octanol–water partition coefficient (Wildman–Crippen LogP) is 5.29. The fraction of sp³-hybridized carbons (Fsp3) is 0.414. The number of anilines is 1. The Morgan fingerprint density at radius 3 is 2.56 bits per heavy atom. The Morgan fingerprint density at radius 1 is 1.20 bits per heavy atom. The fourth-order valence-electron chi connectivity index (χ4n) is 5.07. The summed E-state index contributed by atoms with van der Waals surface area (Å²) >= 11 is 0. The number of aromatic nitrogens is 3. The summed E-state index contributed by atoms with van der Waals surface area (Å²) in [6.07, 6.45) is 3.71. The van der Waals surface area contributed by atoms with Gasteiger partial charge in [0.1, 0.15) is 17.4 Å². The van der Waals surface area contributed by atoms with Crippen molar-refractivity contribution in [1.29, 1.82) is 0 Å². The lowest BCUT2D eigenvalue weighted by Gasteiger charge is -2.31. The Morgan fingerprint density at radius 2 is 1.95 bits per heavy atom. The summed E-state index contributed by atoms with van der Waals surface area (Å²) in [6, 6.07) is 3.61. The summed E-state index contributed by atoms with van der Waals surface area (Å²) in [7, 11) is 0. The summed E-state index contributed by atoms with van der Waals surface area (Å²) in [5.41, 5.74) is 2.27. The van der Waals surface area contributed by atoms with Gasteiger partial charge in [0.25, 0.3) is 12.0 Å². The maximum absolute atomic E-state index is 13.5. The molecule has 3 aromatic heterocycles. The number of alkyl halides is 2. The number of aryl methyl sites for hydroxylation is 1. The van der Waals surface area contributed by atoms with E-state index in [0.29, 0.717) is 42.0 Å². The number of ether oxygens (including phenoxy) is 1. The first kappa shape index (κ1) is 28.2. The van der Waals surface area contributed by atoms with E-state index in [1.165, 1.54) is 10.5 Å². The number of carboxylic acid groups (broad SMARTS) is 1. The van der Waals surface area contributed by atoms with Crippen molar-refractivity contribution >= 4 is 29.0 Å². The Hall–Kier alpha value is -4.35. The average Bonchev–Trinajstić information content (AvgIpc) is 2.92. The number of carboxylic acids is 1. The monoisotopic (exact) mass is 567 g/mol. The van der Waals surface area contributed by atoms with Crippen LogP contribution in [0.2, 0.25) is 0 Å². The molecule has 1 fully saturated rings. The lowest BCUT2D eigenvalue weighted by molar-refractivity contribution is 0.0287. The third-order valence-corrected chi connectivity index (χ3v) is 7.59. The molecule has 216 valence electrons. The second kappa shape index (κ2) is 11.3. The van der Waals surface area contributed by atoms with Crippen molar-refractivity contribution in [2.75, 3.05) is 18.4 Å². The first-order valence-corrected chi connectivity index (χ1v) is 13.5. The van der Waals surface area contributed by atoms with Gasteiger partial charge in [0, 0.05) is 30.4 Å². The van der Waals surface area contributed by atoms with Crippen LogP contribution in [0.25, 0.3) is 11.2 Å². The maximum Gasteiger partial charge on any atom is 0.410 e. The molecule has 1 atom stereocenters. The molecule has 1 aliphatic carbocycles. The van der Waals surface area contributed by atoms with E-state index in [2.05, 4.69) is 10.3 Å². The summed E-state index contributed by atoms with van der Waals surface area (Å²) < 4.78 is 33.2. The second-order valence-electron chi connectivity index (χ2n) is 10.5. The summed E-state index contributed by atoms with van der Waals surface area (Å²) in [4.78, 5) is 47.9. The molecule has 1 saturated carbocycles. The van der Waals surface area contributed by atoms with Crippen LogP contribution in [0.15, 0.2) is 35.3 Å². The van der Waals surface area contributed by atoms with E-state index in [9.17, 15) is 28.3 Å². The van der Waals surface area contributed by atoms with Gasteiger partial charge in [0.2, 0.25) is 0 Å². The minimum Gasteiger partial charge on any atom is -0.476 e. The molecule has 0 aromatic carbocycles. The zero-order valence-corrected chi connectivity index (χ0v) is 23.0. The number of hydrogen-bond acceptors (Lipinski definition) is 7. The molecule has 10 nitrogen and oxygen atoms in total. The molecule has 0 saturated heterocycles. The minimum atomic E-state index is -2.91. The van der Waals surface area contributed by atoms with Gasteiger partial charge in [0.05, 0.1) is 17.4 Å². The molecule has 1 aliphatic heterocycles. The molecule has 1 amide bonds. The van der Waals surface area contributed by atoms with Crippen molar-refractivity contribution in [2.45, 2.75) is 65.0 Å². The van der Waals surface area contributed by atoms with Gasteiger partial charge < -0.3 is 20.1 Å². The van der Waals surface area contributed by atoms with Crippen LogP contribution in [0.5, 0.6) is 0 Å². The Labute approximate surface area is 234 Å². The van der Waals surface area contributed by atoms with Crippen molar-refractivity contribution < 1.29 is 28.2 Å². The molecule has 0 bridgehead atoms. The van der Waals surface area contributed by atoms with Gasteiger partial charge in [-0.15, -0.1) is 0 Å². The molecule has 41 heavy (non-hydrogen) atoms. The number of pyridine rings is 2. The highest BCUT2D eigenvalue weighted by Gasteiger charge is 2.27. The van der Waals surface area contributed by atoms with Crippen LogP contribution in [0, 0.1) is 13.8 Å². The average molecular weight is 568 g/mol. The number of rotatable bonds is 7. The van der Waals surface area contributed by atoms with Crippen LogP contribution < -0.4 is 10.9 Å². The molecule has 4 heterocycles. The highest BCUT2D eigenvalue weighted by molar-refractivity contribution is 5.92. The third-order valence-electron chi connectivity index (χ3n) is 7.59. The van der Waals surface area contributed by atoms with Crippen molar-refractivity contribution in [3.8, 4) is 0 Å². The van der Waals surface area contributed by atoms with Crippen molar-refractivity contribution in [1.82, 2.24) is 19.3 Å². The van der Waals surface area contributed by atoms with E-state index in [1.54, 1.807) is 24.9 Å². The minimum absolute atomic E-state index is 0.000555. The van der Waals surface area contributed by atoms with Gasteiger partial charge in [-0.3, -0.25) is 9.20 Å². The smallest absolute Gasteiger partial charge is 0.410 e. The van der Waals surface area contributed by atoms with Crippen LogP contribution >= 0.6 is 0 Å². The van der Waals surface area contributed by atoms with Gasteiger partial charge in [-0.1, -0.05) is 6.08 Å². The molecule has 2 aliphatic rings. The second-order valence-corrected chi connectivity index (χ2v) is 10.5. The molecular formula is C29H31F2N5O5. The number of halogens is 2. The highest BCUT2D eigenvalue weighted by Crippen LogP contribution is 2.30.